The second-order valence-electron chi connectivity index (χ2n) is 6.90. The van der Waals surface area contributed by atoms with E-state index in [-0.39, 0.29) is 54.8 Å². The molecule has 2 aromatic rings. The number of nitro benzene ring substituents is 1. The number of methoxy groups -OCH3 is 2. The van der Waals surface area contributed by atoms with Gasteiger partial charge in [-0.1, -0.05) is 12.1 Å². The number of nitro groups is 1. The van der Waals surface area contributed by atoms with Gasteiger partial charge in [-0.25, -0.2) is 8.42 Å². The number of carbonyl (C=O) groups excluding carboxylic acids is 1. The molecule has 31 heavy (non-hydrogen) atoms. The van der Waals surface area contributed by atoms with Crippen LogP contribution in [0.15, 0.2) is 47.4 Å². The summed E-state index contributed by atoms with van der Waals surface area (Å²) in [6.07, 6.45) is 0.0917. The number of rotatable bonds is 7. The third kappa shape index (κ3) is 4.94. The molecule has 0 aliphatic carbocycles. The molecular weight excluding hydrogens is 426 g/mol. The predicted octanol–water partition coefficient (Wildman–Crippen LogP) is 1.69. The maximum Gasteiger partial charge on any atom is 0.269 e. The Morgan fingerprint density at radius 2 is 1.68 bits per heavy atom. The predicted molar refractivity (Wildman–Crippen MR) is 112 cm³/mol. The van der Waals surface area contributed by atoms with Crippen LogP contribution in [-0.2, 0) is 21.2 Å². The molecule has 0 bridgehead atoms. The Balaban J connectivity index is 1.66. The van der Waals surface area contributed by atoms with Crippen LogP contribution < -0.4 is 9.47 Å². The van der Waals surface area contributed by atoms with Crippen LogP contribution in [0.2, 0.25) is 0 Å². The van der Waals surface area contributed by atoms with E-state index in [1.807, 2.05) is 0 Å². The molecule has 0 spiro atoms. The van der Waals surface area contributed by atoms with E-state index in [1.165, 1.54) is 42.8 Å². The van der Waals surface area contributed by atoms with Gasteiger partial charge in [0.25, 0.3) is 5.69 Å². The molecule has 0 unspecified atom stereocenters. The van der Waals surface area contributed by atoms with Gasteiger partial charge < -0.3 is 14.4 Å². The lowest BCUT2D eigenvalue weighted by Crippen LogP contribution is -2.50. The summed E-state index contributed by atoms with van der Waals surface area (Å²) in [6.45, 7) is 0.790. The topological polar surface area (TPSA) is 119 Å². The number of nitrogens with zero attached hydrogens (tertiary/aromatic N) is 3. The highest BCUT2D eigenvalue weighted by Crippen LogP contribution is 2.31. The van der Waals surface area contributed by atoms with E-state index in [0.29, 0.717) is 11.3 Å². The van der Waals surface area contributed by atoms with Gasteiger partial charge in [-0.2, -0.15) is 4.31 Å². The highest BCUT2D eigenvalue weighted by Gasteiger charge is 2.32. The Morgan fingerprint density at radius 3 is 2.23 bits per heavy atom. The Kier molecular flexibility index (Phi) is 6.76. The molecule has 0 N–H and O–H groups in total. The molecule has 0 atom stereocenters. The third-order valence-electron chi connectivity index (χ3n) is 5.08. The van der Waals surface area contributed by atoms with Crippen molar-refractivity contribution in [2.75, 3.05) is 40.4 Å². The molecule has 0 aromatic heterocycles. The van der Waals surface area contributed by atoms with Gasteiger partial charge in [0, 0.05) is 44.4 Å². The summed E-state index contributed by atoms with van der Waals surface area (Å²) in [5.41, 5.74) is 0.620. The average molecular weight is 449 g/mol. The number of amides is 1. The van der Waals surface area contributed by atoms with E-state index >= 15 is 0 Å². The van der Waals surface area contributed by atoms with Crippen molar-refractivity contribution in [3.05, 3.63) is 58.1 Å². The molecule has 166 valence electrons. The summed E-state index contributed by atoms with van der Waals surface area (Å²) in [5.74, 6) is 0.457. The molecule has 1 aliphatic rings. The normalized spacial score (nSPS) is 14.8. The van der Waals surface area contributed by atoms with Crippen molar-refractivity contribution in [2.24, 2.45) is 0 Å². The number of hydrogen-bond donors (Lipinski definition) is 0. The first kappa shape index (κ1) is 22.5. The summed E-state index contributed by atoms with van der Waals surface area (Å²) in [5, 5.41) is 10.7. The van der Waals surface area contributed by atoms with Gasteiger partial charge in [-0.05, 0) is 17.7 Å². The summed E-state index contributed by atoms with van der Waals surface area (Å²) in [4.78, 5) is 24.4. The van der Waals surface area contributed by atoms with Gasteiger partial charge in [0.1, 0.15) is 16.4 Å². The first-order valence-electron chi connectivity index (χ1n) is 9.49. The van der Waals surface area contributed by atoms with Crippen molar-refractivity contribution >= 4 is 21.6 Å². The fraction of sp³-hybridized carbons (Fsp3) is 0.350. The average Bonchev–Trinajstić information content (AvgIpc) is 2.79. The van der Waals surface area contributed by atoms with Crippen LogP contribution in [0.4, 0.5) is 5.69 Å². The van der Waals surface area contributed by atoms with Crippen molar-refractivity contribution in [2.45, 2.75) is 11.3 Å². The molecule has 0 saturated carbocycles. The summed E-state index contributed by atoms with van der Waals surface area (Å²) in [7, 11) is -0.981. The zero-order valence-electron chi connectivity index (χ0n) is 17.2. The minimum absolute atomic E-state index is 0.0139. The fourth-order valence-electron chi connectivity index (χ4n) is 3.32. The largest absolute Gasteiger partial charge is 0.497 e. The van der Waals surface area contributed by atoms with Gasteiger partial charge in [0.2, 0.25) is 15.9 Å². The van der Waals surface area contributed by atoms with Crippen molar-refractivity contribution in [3.8, 4) is 11.5 Å². The number of benzene rings is 2. The van der Waals surface area contributed by atoms with Gasteiger partial charge in [-0.15, -0.1) is 0 Å². The number of hydrogen-bond acceptors (Lipinski definition) is 7. The molecule has 1 amide bonds. The second kappa shape index (κ2) is 9.31. The number of sulfonamides is 1. The quantitative estimate of drug-likeness (QED) is 0.466. The van der Waals surface area contributed by atoms with Gasteiger partial charge in [-0.3, -0.25) is 14.9 Å². The molecule has 10 nitrogen and oxygen atoms in total. The van der Waals surface area contributed by atoms with Crippen molar-refractivity contribution in [1.29, 1.82) is 0 Å². The molecule has 1 fully saturated rings. The van der Waals surface area contributed by atoms with Crippen LogP contribution in [0.1, 0.15) is 5.56 Å². The van der Waals surface area contributed by atoms with Crippen LogP contribution in [-0.4, -0.2) is 68.9 Å². The zero-order valence-corrected chi connectivity index (χ0v) is 18.0. The number of non-ortho nitro benzene ring substituents is 1. The lowest BCUT2D eigenvalue weighted by molar-refractivity contribution is -0.384. The second-order valence-corrected chi connectivity index (χ2v) is 8.81. The molecular formula is C20H23N3O7S. The monoisotopic (exact) mass is 449 g/mol. The van der Waals surface area contributed by atoms with Crippen LogP contribution in [0.3, 0.4) is 0 Å². The fourth-order valence-corrected chi connectivity index (χ4v) is 4.92. The lowest BCUT2D eigenvalue weighted by atomic mass is 10.1. The highest BCUT2D eigenvalue weighted by atomic mass is 32.2. The van der Waals surface area contributed by atoms with E-state index in [2.05, 4.69) is 0 Å². The van der Waals surface area contributed by atoms with E-state index in [0.717, 1.165) is 0 Å². The minimum atomic E-state index is -3.83. The number of piperazine rings is 1. The van der Waals surface area contributed by atoms with E-state index in [1.54, 1.807) is 23.1 Å². The molecule has 3 rings (SSSR count). The van der Waals surface area contributed by atoms with E-state index in [9.17, 15) is 23.3 Å². The molecule has 0 radical (unpaired) electrons. The first-order valence-corrected chi connectivity index (χ1v) is 10.9. The summed E-state index contributed by atoms with van der Waals surface area (Å²) >= 11 is 0. The SMILES string of the molecule is COc1ccc(OC)c(S(=O)(=O)N2CCN(C(=O)Cc3ccc([N+](=O)[O-])cc3)CC2)c1. The van der Waals surface area contributed by atoms with Crippen LogP contribution in [0, 0.1) is 10.1 Å². The number of ether oxygens (including phenoxy) is 2. The summed E-state index contributed by atoms with van der Waals surface area (Å²) < 4.78 is 37.9. The smallest absolute Gasteiger partial charge is 0.269 e. The Bertz CT molecular complexity index is 1060. The zero-order chi connectivity index (χ0) is 22.6. The van der Waals surface area contributed by atoms with Crippen molar-refractivity contribution < 1.29 is 27.6 Å². The lowest BCUT2D eigenvalue weighted by Gasteiger charge is -2.34. The Labute approximate surface area is 180 Å². The van der Waals surface area contributed by atoms with Crippen molar-refractivity contribution in [1.82, 2.24) is 9.21 Å². The minimum Gasteiger partial charge on any atom is -0.497 e. The molecule has 1 saturated heterocycles. The number of carbonyl (C=O) groups is 1. The van der Waals surface area contributed by atoms with Gasteiger partial charge in [0.05, 0.1) is 25.6 Å². The van der Waals surface area contributed by atoms with Crippen LogP contribution >= 0.6 is 0 Å². The van der Waals surface area contributed by atoms with Crippen LogP contribution in [0.25, 0.3) is 0 Å². The maximum atomic E-state index is 13.1. The highest BCUT2D eigenvalue weighted by molar-refractivity contribution is 7.89. The van der Waals surface area contributed by atoms with E-state index in [4.69, 9.17) is 9.47 Å². The van der Waals surface area contributed by atoms with Gasteiger partial charge >= 0.3 is 0 Å². The maximum absolute atomic E-state index is 13.1. The molecule has 1 heterocycles. The Morgan fingerprint density at radius 1 is 1.03 bits per heavy atom. The van der Waals surface area contributed by atoms with Gasteiger partial charge in [0.15, 0.2) is 0 Å². The molecule has 1 aliphatic heterocycles. The third-order valence-corrected chi connectivity index (χ3v) is 7.00. The summed E-state index contributed by atoms with van der Waals surface area (Å²) in [6, 6.07) is 10.4. The van der Waals surface area contributed by atoms with Crippen molar-refractivity contribution in [3.63, 3.8) is 0 Å². The molecule has 11 heteroatoms. The molecule has 2 aromatic carbocycles. The first-order chi connectivity index (χ1) is 14.8. The van der Waals surface area contributed by atoms with E-state index < -0.39 is 14.9 Å². The standard InChI is InChI=1S/C20H23N3O7S/c1-29-17-7-8-18(30-2)19(14-17)31(27,28)22-11-9-21(10-12-22)20(24)13-15-3-5-16(6-4-15)23(25)26/h3-8,14H,9-13H2,1-2H3. The van der Waals surface area contributed by atoms with Crippen LogP contribution in [0.5, 0.6) is 11.5 Å². The Hall–Kier alpha value is -3.18.